The van der Waals surface area contributed by atoms with Gasteiger partial charge >= 0.3 is 0 Å². The molecule has 0 aliphatic carbocycles. The van der Waals surface area contributed by atoms with E-state index in [4.69, 9.17) is 14.2 Å². The van der Waals surface area contributed by atoms with Gasteiger partial charge in [-0.2, -0.15) is 5.10 Å². The molecule has 0 bridgehead atoms. The molecule has 7 heteroatoms. The number of fused-ring (bicyclic) bond motifs is 1. The molecule has 4 rings (SSSR count). The minimum Gasteiger partial charge on any atom is -0.497 e. The second kappa shape index (κ2) is 6.92. The van der Waals surface area contributed by atoms with Gasteiger partial charge in [-0.3, -0.25) is 9.89 Å². The lowest BCUT2D eigenvalue weighted by Crippen LogP contribution is -2.25. The lowest BCUT2D eigenvalue weighted by atomic mass is 9.95. The zero-order chi connectivity index (χ0) is 19.8. The van der Waals surface area contributed by atoms with Crippen LogP contribution >= 0.6 is 0 Å². The normalized spacial score (nSPS) is 15.5. The maximum atomic E-state index is 12.9. The SMILES string of the molecule is COc1cccc(-c2n[nH]c3c2[C@@H](c2cc(OC)ccc2OC)N(C)C3=O)c1. The second-order valence-electron chi connectivity index (χ2n) is 6.52. The predicted molar refractivity (Wildman–Crippen MR) is 104 cm³/mol. The zero-order valence-corrected chi connectivity index (χ0v) is 16.1. The Morgan fingerprint density at radius 1 is 1.00 bits per heavy atom. The maximum absolute atomic E-state index is 12.9. The number of carbonyl (C=O) groups is 1. The van der Waals surface area contributed by atoms with E-state index in [9.17, 15) is 4.79 Å². The summed E-state index contributed by atoms with van der Waals surface area (Å²) in [7, 11) is 6.62. The first-order valence-corrected chi connectivity index (χ1v) is 8.80. The Bertz CT molecular complexity index is 1040. The number of hydrogen-bond acceptors (Lipinski definition) is 5. The van der Waals surface area contributed by atoms with Crippen molar-refractivity contribution in [2.24, 2.45) is 0 Å². The van der Waals surface area contributed by atoms with Gasteiger partial charge in [0, 0.05) is 23.7 Å². The molecule has 28 heavy (non-hydrogen) atoms. The molecule has 3 aromatic rings. The molecule has 1 aliphatic heterocycles. The fourth-order valence-corrected chi connectivity index (χ4v) is 3.67. The van der Waals surface area contributed by atoms with Crippen molar-refractivity contribution in [3.8, 4) is 28.5 Å². The highest BCUT2D eigenvalue weighted by Crippen LogP contribution is 2.45. The lowest BCUT2D eigenvalue weighted by molar-refractivity contribution is 0.0786. The molecule has 1 aromatic heterocycles. The average molecular weight is 379 g/mol. The summed E-state index contributed by atoms with van der Waals surface area (Å²) in [6.45, 7) is 0. The summed E-state index contributed by atoms with van der Waals surface area (Å²) < 4.78 is 16.3. The third-order valence-electron chi connectivity index (χ3n) is 5.07. The Morgan fingerprint density at radius 2 is 1.75 bits per heavy atom. The van der Waals surface area contributed by atoms with Crippen molar-refractivity contribution in [3.05, 3.63) is 59.3 Å². The van der Waals surface area contributed by atoms with Gasteiger partial charge in [-0.25, -0.2) is 0 Å². The maximum Gasteiger partial charge on any atom is 0.272 e. The van der Waals surface area contributed by atoms with E-state index in [1.807, 2.05) is 42.5 Å². The van der Waals surface area contributed by atoms with Gasteiger partial charge in [0.2, 0.25) is 0 Å². The van der Waals surface area contributed by atoms with Crippen LogP contribution in [0, 0.1) is 0 Å². The van der Waals surface area contributed by atoms with E-state index in [1.54, 1.807) is 33.3 Å². The molecule has 0 fully saturated rings. The Labute approximate surface area is 162 Å². The summed E-state index contributed by atoms with van der Waals surface area (Å²) in [5.74, 6) is 1.97. The fourth-order valence-electron chi connectivity index (χ4n) is 3.67. The lowest BCUT2D eigenvalue weighted by Gasteiger charge is -2.24. The summed E-state index contributed by atoms with van der Waals surface area (Å²) >= 11 is 0. The molecular weight excluding hydrogens is 358 g/mol. The highest BCUT2D eigenvalue weighted by Gasteiger charge is 2.41. The number of nitrogens with zero attached hydrogens (tertiary/aromatic N) is 2. The Kier molecular flexibility index (Phi) is 4.43. The average Bonchev–Trinajstić information content (AvgIpc) is 3.27. The monoisotopic (exact) mass is 379 g/mol. The zero-order valence-electron chi connectivity index (χ0n) is 16.1. The summed E-state index contributed by atoms with van der Waals surface area (Å²) in [6.07, 6.45) is 0. The standard InChI is InChI=1S/C21H21N3O4/c1-24-20(15-11-14(27-3)8-9-16(15)28-4)17-18(22-23-19(17)21(24)25)12-6-5-7-13(10-12)26-2/h5-11,20H,1-4H3,(H,22,23)/t20-/m1/s1. The number of benzene rings is 2. The predicted octanol–water partition coefficient (Wildman–Crippen LogP) is 3.28. The molecule has 2 heterocycles. The van der Waals surface area contributed by atoms with Crippen LogP contribution in [0.5, 0.6) is 17.2 Å². The first-order valence-electron chi connectivity index (χ1n) is 8.80. The van der Waals surface area contributed by atoms with Gasteiger partial charge in [0.15, 0.2) is 0 Å². The molecule has 2 aromatic carbocycles. The van der Waals surface area contributed by atoms with Crippen LogP contribution in [0.1, 0.15) is 27.7 Å². The van der Waals surface area contributed by atoms with Gasteiger partial charge in [0.1, 0.15) is 22.9 Å². The third kappa shape index (κ3) is 2.67. The Balaban J connectivity index is 1.92. The Morgan fingerprint density at radius 3 is 2.46 bits per heavy atom. The molecule has 1 atom stereocenters. The molecule has 0 saturated carbocycles. The van der Waals surface area contributed by atoms with E-state index in [-0.39, 0.29) is 11.9 Å². The quantitative estimate of drug-likeness (QED) is 0.736. The number of amides is 1. The molecule has 1 N–H and O–H groups in total. The van der Waals surface area contributed by atoms with Gasteiger partial charge in [0.05, 0.1) is 33.1 Å². The van der Waals surface area contributed by atoms with E-state index < -0.39 is 0 Å². The third-order valence-corrected chi connectivity index (χ3v) is 5.07. The molecule has 1 aliphatic rings. The molecule has 144 valence electrons. The number of aromatic amines is 1. The van der Waals surface area contributed by atoms with Crippen molar-refractivity contribution < 1.29 is 19.0 Å². The summed E-state index contributed by atoms with van der Waals surface area (Å²) in [5, 5.41) is 7.36. The molecule has 0 radical (unpaired) electrons. The molecule has 0 spiro atoms. The molecule has 7 nitrogen and oxygen atoms in total. The highest BCUT2D eigenvalue weighted by atomic mass is 16.5. The molecule has 0 saturated heterocycles. The van der Waals surface area contributed by atoms with Crippen molar-refractivity contribution >= 4 is 5.91 Å². The largest absolute Gasteiger partial charge is 0.497 e. The molecule has 0 unspecified atom stereocenters. The van der Waals surface area contributed by atoms with Crippen LogP contribution in [0.25, 0.3) is 11.3 Å². The second-order valence-corrected chi connectivity index (χ2v) is 6.52. The van der Waals surface area contributed by atoms with Crippen LogP contribution in [0.15, 0.2) is 42.5 Å². The molecule has 1 amide bonds. The van der Waals surface area contributed by atoms with Crippen molar-refractivity contribution in [3.63, 3.8) is 0 Å². The number of rotatable bonds is 5. The van der Waals surface area contributed by atoms with Crippen LogP contribution < -0.4 is 14.2 Å². The van der Waals surface area contributed by atoms with Crippen molar-refractivity contribution in [1.29, 1.82) is 0 Å². The van der Waals surface area contributed by atoms with E-state index in [0.717, 1.165) is 22.4 Å². The summed E-state index contributed by atoms with van der Waals surface area (Å²) in [6, 6.07) is 12.8. The van der Waals surface area contributed by atoms with E-state index in [0.29, 0.717) is 22.9 Å². The fraction of sp³-hybridized carbons (Fsp3) is 0.238. The van der Waals surface area contributed by atoms with Gasteiger partial charge in [0.25, 0.3) is 5.91 Å². The summed E-state index contributed by atoms with van der Waals surface area (Å²) in [5.41, 5.74) is 3.71. The number of H-pyrrole nitrogens is 1. The first-order chi connectivity index (χ1) is 13.6. The van der Waals surface area contributed by atoms with Crippen molar-refractivity contribution in [1.82, 2.24) is 15.1 Å². The van der Waals surface area contributed by atoms with Gasteiger partial charge in [-0.1, -0.05) is 12.1 Å². The van der Waals surface area contributed by atoms with Gasteiger partial charge in [-0.15, -0.1) is 0 Å². The van der Waals surface area contributed by atoms with Crippen molar-refractivity contribution in [2.45, 2.75) is 6.04 Å². The minimum absolute atomic E-state index is 0.119. The number of carbonyl (C=O) groups excluding carboxylic acids is 1. The number of aromatic nitrogens is 2. The van der Waals surface area contributed by atoms with Crippen LogP contribution in [-0.2, 0) is 0 Å². The smallest absolute Gasteiger partial charge is 0.272 e. The number of methoxy groups -OCH3 is 3. The van der Waals surface area contributed by atoms with Crippen molar-refractivity contribution in [2.75, 3.05) is 28.4 Å². The Hall–Kier alpha value is -3.48. The number of ether oxygens (including phenoxy) is 3. The van der Waals surface area contributed by atoms with E-state index >= 15 is 0 Å². The van der Waals surface area contributed by atoms with Gasteiger partial charge < -0.3 is 19.1 Å². The van der Waals surface area contributed by atoms with Gasteiger partial charge in [-0.05, 0) is 30.3 Å². The number of nitrogens with one attached hydrogen (secondary N) is 1. The first kappa shape index (κ1) is 17.9. The minimum atomic E-state index is -0.354. The summed E-state index contributed by atoms with van der Waals surface area (Å²) in [4.78, 5) is 14.5. The van der Waals surface area contributed by atoms with Crippen LogP contribution in [0.2, 0.25) is 0 Å². The molecular formula is C21H21N3O4. The van der Waals surface area contributed by atoms with Crippen LogP contribution in [0.3, 0.4) is 0 Å². The highest BCUT2D eigenvalue weighted by molar-refractivity contribution is 6.00. The van der Waals surface area contributed by atoms with E-state index in [2.05, 4.69) is 10.2 Å². The van der Waals surface area contributed by atoms with Crippen LogP contribution in [-0.4, -0.2) is 49.4 Å². The van der Waals surface area contributed by atoms with Crippen LogP contribution in [0.4, 0.5) is 0 Å². The topological polar surface area (TPSA) is 76.7 Å². The number of hydrogen-bond donors (Lipinski definition) is 1. The van der Waals surface area contributed by atoms with E-state index in [1.165, 1.54) is 0 Å².